The summed E-state index contributed by atoms with van der Waals surface area (Å²) >= 11 is 5.62. The van der Waals surface area contributed by atoms with Gasteiger partial charge in [-0.25, -0.2) is 0 Å². The van der Waals surface area contributed by atoms with Crippen molar-refractivity contribution < 1.29 is 9.53 Å². The van der Waals surface area contributed by atoms with Gasteiger partial charge in [0.2, 0.25) is 0 Å². The highest BCUT2D eigenvalue weighted by atomic mass is 35.5. The van der Waals surface area contributed by atoms with E-state index in [-0.39, 0.29) is 5.97 Å². The van der Waals surface area contributed by atoms with E-state index >= 15 is 0 Å². The summed E-state index contributed by atoms with van der Waals surface area (Å²) in [6, 6.07) is 0. The molecule has 0 aliphatic heterocycles. The minimum Gasteiger partial charge on any atom is -0.468 e. The van der Waals surface area contributed by atoms with Crippen LogP contribution in [0.25, 0.3) is 0 Å². The van der Waals surface area contributed by atoms with Crippen molar-refractivity contribution >= 4 is 17.6 Å². The first kappa shape index (κ1) is 5.89. The van der Waals surface area contributed by atoms with E-state index in [9.17, 15) is 4.79 Å². The SMILES string of the molecule is COC(=O)C1(Cl)CC1. The maximum absolute atomic E-state index is 10.5. The van der Waals surface area contributed by atoms with Gasteiger partial charge in [-0.3, -0.25) is 4.79 Å². The van der Waals surface area contributed by atoms with Gasteiger partial charge in [-0.15, -0.1) is 11.6 Å². The monoisotopic (exact) mass is 134 g/mol. The molecule has 0 radical (unpaired) electrons. The Morgan fingerprint density at radius 1 is 1.75 bits per heavy atom. The van der Waals surface area contributed by atoms with Gasteiger partial charge in [0.25, 0.3) is 0 Å². The topological polar surface area (TPSA) is 26.3 Å². The van der Waals surface area contributed by atoms with Crippen LogP contribution in [0.15, 0.2) is 0 Å². The van der Waals surface area contributed by atoms with Crippen LogP contribution in [0.5, 0.6) is 0 Å². The number of carbonyl (C=O) groups is 1. The number of alkyl halides is 1. The minimum atomic E-state index is -0.630. The second kappa shape index (κ2) is 1.62. The number of hydrogen-bond donors (Lipinski definition) is 0. The van der Waals surface area contributed by atoms with Crippen LogP contribution >= 0.6 is 11.6 Å². The summed E-state index contributed by atoms with van der Waals surface area (Å²) in [4.78, 5) is 9.91. The summed E-state index contributed by atoms with van der Waals surface area (Å²) in [7, 11) is 1.35. The van der Waals surface area contributed by atoms with Crippen molar-refractivity contribution in [2.75, 3.05) is 7.11 Å². The summed E-state index contributed by atoms with van der Waals surface area (Å²) in [5, 5.41) is 0. The lowest BCUT2D eigenvalue weighted by Gasteiger charge is -1.99. The molecule has 0 aromatic carbocycles. The summed E-state index contributed by atoms with van der Waals surface area (Å²) in [6.07, 6.45) is 1.53. The first-order valence-electron chi connectivity index (χ1n) is 2.46. The number of ether oxygens (including phenoxy) is 1. The molecule has 0 aromatic rings. The largest absolute Gasteiger partial charge is 0.468 e. The minimum absolute atomic E-state index is 0.292. The second-order valence-electron chi connectivity index (χ2n) is 1.96. The van der Waals surface area contributed by atoms with Crippen molar-refractivity contribution in [3.63, 3.8) is 0 Å². The standard InChI is InChI=1S/C5H7ClO2/c1-8-4(7)5(6)2-3-5/h2-3H2,1H3. The molecular formula is C5H7ClO2. The van der Waals surface area contributed by atoms with Crippen molar-refractivity contribution in [2.45, 2.75) is 17.7 Å². The highest BCUT2D eigenvalue weighted by Gasteiger charge is 2.49. The number of carbonyl (C=O) groups excluding carboxylic acids is 1. The van der Waals surface area contributed by atoms with Gasteiger partial charge in [0, 0.05) is 0 Å². The number of rotatable bonds is 1. The third-order valence-electron chi connectivity index (χ3n) is 1.24. The van der Waals surface area contributed by atoms with E-state index in [1.807, 2.05) is 0 Å². The van der Waals surface area contributed by atoms with Crippen molar-refractivity contribution in [1.29, 1.82) is 0 Å². The average Bonchev–Trinajstić information content (AvgIpc) is 2.47. The molecule has 0 spiro atoms. The Hall–Kier alpha value is -0.240. The molecule has 8 heavy (non-hydrogen) atoms. The third kappa shape index (κ3) is 0.802. The molecule has 1 aliphatic rings. The highest BCUT2D eigenvalue weighted by Crippen LogP contribution is 2.43. The maximum atomic E-state index is 10.5. The molecular weight excluding hydrogens is 128 g/mol. The van der Waals surface area contributed by atoms with E-state index in [0.717, 1.165) is 12.8 Å². The van der Waals surface area contributed by atoms with E-state index in [4.69, 9.17) is 11.6 Å². The fourth-order valence-electron chi connectivity index (χ4n) is 0.497. The first-order chi connectivity index (χ1) is 3.69. The Kier molecular flexibility index (Phi) is 1.19. The molecule has 0 bridgehead atoms. The van der Waals surface area contributed by atoms with Crippen LogP contribution in [0.2, 0.25) is 0 Å². The van der Waals surface area contributed by atoms with Crippen molar-refractivity contribution in [2.24, 2.45) is 0 Å². The lowest BCUT2D eigenvalue weighted by molar-refractivity contribution is -0.141. The van der Waals surface area contributed by atoms with E-state index in [2.05, 4.69) is 4.74 Å². The second-order valence-corrected chi connectivity index (χ2v) is 2.68. The average molecular weight is 135 g/mol. The van der Waals surface area contributed by atoms with Crippen LogP contribution in [-0.2, 0) is 9.53 Å². The fourth-order valence-corrected chi connectivity index (χ4v) is 0.668. The van der Waals surface area contributed by atoms with Crippen LogP contribution in [0.1, 0.15) is 12.8 Å². The van der Waals surface area contributed by atoms with Crippen LogP contribution in [-0.4, -0.2) is 18.0 Å². The quantitative estimate of drug-likeness (QED) is 0.394. The molecule has 0 N–H and O–H groups in total. The summed E-state index contributed by atoms with van der Waals surface area (Å²) in [6.45, 7) is 0. The molecule has 1 fully saturated rings. The van der Waals surface area contributed by atoms with Crippen molar-refractivity contribution in [3.05, 3.63) is 0 Å². The number of hydrogen-bond acceptors (Lipinski definition) is 2. The predicted molar refractivity (Wildman–Crippen MR) is 29.8 cm³/mol. The molecule has 0 unspecified atom stereocenters. The summed E-state index contributed by atoms with van der Waals surface area (Å²) in [5.74, 6) is -0.292. The molecule has 0 heterocycles. The predicted octanol–water partition coefficient (Wildman–Crippen LogP) is 0.931. The maximum Gasteiger partial charge on any atom is 0.326 e. The van der Waals surface area contributed by atoms with Gasteiger partial charge in [0.15, 0.2) is 0 Å². The lowest BCUT2D eigenvalue weighted by atomic mass is 10.4. The van der Waals surface area contributed by atoms with Crippen LogP contribution in [0.4, 0.5) is 0 Å². The van der Waals surface area contributed by atoms with Gasteiger partial charge in [0.1, 0.15) is 4.87 Å². The van der Waals surface area contributed by atoms with E-state index in [0.29, 0.717) is 0 Å². The molecule has 2 nitrogen and oxygen atoms in total. The number of methoxy groups -OCH3 is 1. The summed E-state index contributed by atoms with van der Waals surface area (Å²) < 4.78 is 4.41. The first-order valence-corrected chi connectivity index (χ1v) is 2.84. The zero-order chi connectivity index (χ0) is 6.20. The molecule has 1 aliphatic carbocycles. The smallest absolute Gasteiger partial charge is 0.326 e. The van der Waals surface area contributed by atoms with E-state index in [1.54, 1.807) is 0 Å². The lowest BCUT2D eigenvalue weighted by Crippen LogP contribution is -2.16. The van der Waals surface area contributed by atoms with Gasteiger partial charge >= 0.3 is 5.97 Å². The highest BCUT2D eigenvalue weighted by molar-refractivity contribution is 6.36. The van der Waals surface area contributed by atoms with Gasteiger partial charge in [-0.1, -0.05) is 0 Å². The normalized spacial score (nSPS) is 22.2. The van der Waals surface area contributed by atoms with E-state index < -0.39 is 4.87 Å². The molecule has 0 amide bonds. The number of esters is 1. The van der Waals surface area contributed by atoms with Gasteiger partial charge in [-0.2, -0.15) is 0 Å². The third-order valence-corrected chi connectivity index (χ3v) is 1.77. The van der Waals surface area contributed by atoms with Crippen molar-refractivity contribution in [1.82, 2.24) is 0 Å². The Morgan fingerprint density at radius 3 is 2.38 bits per heavy atom. The zero-order valence-corrected chi connectivity index (χ0v) is 5.36. The molecule has 3 heteroatoms. The van der Waals surface area contributed by atoms with Crippen LogP contribution in [0, 0.1) is 0 Å². The Morgan fingerprint density at radius 2 is 2.25 bits per heavy atom. The number of halogens is 1. The van der Waals surface area contributed by atoms with Gasteiger partial charge in [-0.05, 0) is 12.8 Å². The fraction of sp³-hybridized carbons (Fsp3) is 0.800. The molecule has 0 saturated heterocycles. The Labute approximate surface area is 52.8 Å². The molecule has 0 aromatic heterocycles. The zero-order valence-electron chi connectivity index (χ0n) is 4.61. The van der Waals surface area contributed by atoms with Gasteiger partial charge in [0.05, 0.1) is 7.11 Å². The molecule has 0 atom stereocenters. The molecule has 1 saturated carbocycles. The molecule has 1 rings (SSSR count). The van der Waals surface area contributed by atoms with Crippen LogP contribution in [0.3, 0.4) is 0 Å². The van der Waals surface area contributed by atoms with Crippen molar-refractivity contribution in [3.8, 4) is 0 Å². The van der Waals surface area contributed by atoms with E-state index in [1.165, 1.54) is 7.11 Å². The summed E-state index contributed by atoms with van der Waals surface area (Å²) in [5.41, 5.74) is 0. The van der Waals surface area contributed by atoms with Gasteiger partial charge < -0.3 is 4.74 Å². The van der Waals surface area contributed by atoms with Crippen LogP contribution < -0.4 is 0 Å². The Bertz CT molecular complexity index is 118. The Balaban J connectivity index is 2.46. The molecule has 46 valence electrons.